The molecule has 2 fully saturated rings. The Labute approximate surface area is 101 Å². The molecule has 1 N–H and O–H groups in total. The monoisotopic (exact) mass is 224 g/mol. The highest BCUT2D eigenvalue weighted by atomic mass is 15.1. The van der Waals surface area contributed by atoms with Crippen LogP contribution in [0.1, 0.15) is 51.4 Å². The van der Waals surface area contributed by atoms with Crippen LogP contribution in [0.5, 0.6) is 0 Å². The van der Waals surface area contributed by atoms with Gasteiger partial charge in [-0.3, -0.25) is 0 Å². The van der Waals surface area contributed by atoms with Gasteiger partial charge >= 0.3 is 0 Å². The van der Waals surface area contributed by atoms with Crippen molar-refractivity contribution < 1.29 is 0 Å². The molecule has 0 aromatic heterocycles. The molecule has 16 heavy (non-hydrogen) atoms. The molecule has 0 radical (unpaired) electrons. The number of nitrogens with zero attached hydrogens (tertiary/aromatic N) is 1. The van der Waals surface area contributed by atoms with Gasteiger partial charge in [0.15, 0.2) is 0 Å². The molecule has 0 heterocycles. The largest absolute Gasteiger partial charge is 0.319 e. The van der Waals surface area contributed by atoms with E-state index in [1.165, 1.54) is 64.5 Å². The summed E-state index contributed by atoms with van der Waals surface area (Å²) in [6.07, 6.45) is 11.5. The first kappa shape index (κ1) is 12.4. The highest BCUT2D eigenvalue weighted by Crippen LogP contribution is 2.38. The van der Waals surface area contributed by atoms with E-state index in [9.17, 15) is 0 Å². The maximum absolute atomic E-state index is 3.43. The van der Waals surface area contributed by atoms with Crippen molar-refractivity contribution in [3.8, 4) is 0 Å². The van der Waals surface area contributed by atoms with Crippen molar-refractivity contribution in [3.63, 3.8) is 0 Å². The van der Waals surface area contributed by atoms with Gasteiger partial charge in [-0.15, -0.1) is 0 Å². The number of hydrogen-bond donors (Lipinski definition) is 1. The Balaban J connectivity index is 1.89. The van der Waals surface area contributed by atoms with Gasteiger partial charge in [0.2, 0.25) is 0 Å². The molecule has 2 saturated carbocycles. The van der Waals surface area contributed by atoms with Crippen LogP contribution in [-0.4, -0.2) is 38.1 Å². The summed E-state index contributed by atoms with van der Waals surface area (Å²) in [6, 6.07) is 0.899. The van der Waals surface area contributed by atoms with Crippen molar-refractivity contribution in [2.75, 3.05) is 27.2 Å². The minimum Gasteiger partial charge on any atom is -0.319 e. The lowest BCUT2D eigenvalue weighted by Crippen LogP contribution is -2.48. The summed E-state index contributed by atoms with van der Waals surface area (Å²) in [6.45, 7) is 2.53. The second-order valence-corrected chi connectivity index (χ2v) is 6.09. The second kappa shape index (κ2) is 5.50. The predicted octanol–water partition coefficient (Wildman–Crippen LogP) is 2.64. The second-order valence-electron chi connectivity index (χ2n) is 6.09. The zero-order valence-electron chi connectivity index (χ0n) is 11.1. The molecule has 2 aliphatic rings. The van der Waals surface area contributed by atoms with E-state index in [0.717, 1.165) is 6.04 Å². The van der Waals surface area contributed by atoms with E-state index in [-0.39, 0.29) is 0 Å². The third kappa shape index (κ3) is 2.78. The molecule has 2 heteroatoms. The Hall–Kier alpha value is -0.0800. The van der Waals surface area contributed by atoms with Crippen molar-refractivity contribution in [1.29, 1.82) is 0 Å². The zero-order chi connectivity index (χ0) is 11.4. The van der Waals surface area contributed by atoms with Crippen LogP contribution in [0.2, 0.25) is 0 Å². The Morgan fingerprint density at radius 3 is 2.31 bits per heavy atom. The van der Waals surface area contributed by atoms with Crippen LogP contribution in [-0.2, 0) is 0 Å². The lowest BCUT2D eigenvalue weighted by molar-refractivity contribution is 0.0672. The average molecular weight is 224 g/mol. The Morgan fingerprint density at radius 1 is 1.12 bits per heavy atom. The van der Waals surface area contributed by atoms with Crippen molar-refractivity contribution in [1.82, 2.24) is 10.2 Å². The molecule has 94 valence electrons. The Morgan fingerprint density at radius 2 is 1.81 bits per heavy atom. The molecule has 0 aromatic carbocycles. The summed E-state index contributed by atoms with van der Waals surface area (Å²) in [5.41, 5.74) is 0.581. The lowest BCUT2D eigenvalue weighted by atomic mass is 9.73. The summed E-state index contributed by atoms with van der Waals surface area (Å²) in [7, 11) is 4.45. The smallest absolute Gasteiger partial charge is 0.00924 e. The first-order valence-electron chi connectivity index (χ1n) is 7.11. The summed E-state index contributed by atoms with van der Waals surface area (Å²) in [5, 5.41) is 3.43. The van der Waals surface area contributed by atoms with Crippen LogP contribution in [0.4, 0.5) is 0 Å². The van der Waals surface area contributed by atoms with Gasteiger partial charge in [-0.2, -0.15) is 0 Å². The molecule has 0 atom stereocenters. The van der Waals surface area contributed by atoms with E-state index in [0.29, 0.717) is 5.41 Å². The fourth-order valence-corrected chi connectivity index (χ4v) is 3.55. The van der Waals surface area contributed by atoms with Crippen LogP contribution in [0.25, 0.3) is 0 Å². The van der Waals surface area contributed by atoms with E-state index in [2.05, 4.69) is 24.3 Å². The molecule has 0 aromatic rings. The van der Waals surface area contributed by atoms with Gasteiger partial charge in [0.25, 0.3) is 0 Å². The predicted molar refractivity (Wildman–Crippen MR) is 69.7 cm³/mol. The fourth-order valence-electron chi connectivity index (χ4n) is 3.55. The summed E-state index contributed by atoms with van der Waals surface area (Å²) >= 11 is 0. The molecular formula is C14H28N2. The lowest BCUT2D eigenvalue weighted by Gasteiger charge is -2.44. The number of nitrogens with one attached hydrogen (secondary N) is 1. The third-order valence-electron chi connectivity index (χ3n) is 4.75. The maximum atomic E-state index is 3.43. The Bertz CT molecular complexity index is 199. The van der Waals surface area contributed by atoms with Gasteiger partial charge in [-0.05, 0) is 45.2 Å². The van der Waals surface area contributed by atoms with Crippen molar-refractivity contribution in [2.45, 2.75) is 57.4 Å². The highest BCUT2D eigenvalue weighted by molar-refractivity contribution is 4.89. The van der Waals surface area contributed by atoms with Crippen LogP contribution >= 0.6 is 0 Å². The first-order chi connectivity index (χ1) is 7.76. The summed E-state index contributed by atoms with van der Waals surface area (Å²) < 4.78 is 0. The zero-order valence-corrected chi connectivity index (χ0v) is 11.1. The van der Waals surface area contributed by atoms with E-state index in [1.54, 1.807) is 0 Å². The number of hydrogen-bond acceptors (Lipinski definition) is 2. The van der Waals surface area contributed by atoms with Gasteiger partial charge in [-0.25, -0.2) is 0 Å². The maximum Gasteiger partial charge on any atom is 0.00924 e. The minimum absolute atomic E-state index is 0.581. The van der Waals surface area contributed by atoms with E-state index < -0.39 is 0 Å². The molecule has 2 rings (SSSR count). The summed E-state index contributed by atoms with van der Waals surface area (Å²) in [5.74, 6) is 0. The first-order valence-corrected chi connectivity index (χ1v) is 7.11. The molecule has 0 bridgehead atoms. The SMILES string of the molecule is CNCC1(CN(C)C2CCC2)CCCCC1. The van der Waals surface area contributed by atoms with E-state index >= 15 is 0 Å². The topological polar surface area (TPSA) is 15.3 Å². The van der Waals surface area contributed by atoms with Gasteiger partial charge in [0.1, 0.15) is 0 Å². The average Bonchev–Trinajstić information content (AvgIpc) is 2.16. The van der Waals surface area contributed by atoms with Crippen LogP contribution in [0.15, 0.2) is 0 Å². The van der Waals surface area contributed by atoms with E-state index in [4.69, 9.17) is 0 Å². The third-order valence-corrected chi connectivity index (χ3v) is 4.75. The Kier molecular flexibility index (Phi) is 4.26. The molecule has 2 aliphatic carbocycles. The van der Waals surface area contributed by atoms with Gasteiger partial charge in [0, 0.05) is 19.1 Å². The van der Waals surface area contributed by atoms with Gasteiger partial charge in [-0.1, -0.05) is 25.7 Å². The van der Waals surface area contributed by atoms with Crippen molar-refractivity contribution in [2.24, 2.45) is 5.41 Å². The van der Waals surface area contributed by atoms with Crippen LogP contribution in [0, 0.1) is 5.41 Å². The molecule has 0 amide bonds. The normalized spacial score (nSPS) is 25.7. The van der Waals surface area contributed by atoms with Gasteiger partial charge < -0.3 is 10.2 Å². The van der Waals surface area contributed by atoms with Crippen LogP contribution < -0.4 is 5.32 Å². The molecule has 2 nitrogen and oxygen atoms in total. The van der Waals surface area contributed by atoms with Crippen molar-refractivity contribution in [3.05, 3.63) is 0 Å². The van der Waals surface area contributed by atoms with Crippen molar-refractivity contribution >= 4 is 0 Å². The van der Waals surface area contributed by atoms with E-state index in [1.807, 2.05) is 0 Å². The molecule has 0 spiro atoms. The minimum atomic E-state index is 0.581. The van der Waals surface area contributed by atoms with Gasteiger partial charge in [0.05, 0.1) is 0 Å². The molecule has 0 unspecified atom stereocenters. The molecule has 0 aliphatic heterocycles. The quantitative estimate of drug-likeness (QED) is 0.772. The van der Waals surface area contributed by atoms with Crippen LogP contribution in [0.3, 0.4) is 0 Å². The fraction of sp³-hybridized carbons (Fsp3) is 1.00. The molecular weight excluding hydrogens is 196 g/mol. The highest BCUT2D eigenvalue weighted by Gasteiger charge is 2.35. The number of rotatable bonds is 5. The molecule has 0 saturated heterocycles. The standard InChI is InChI=1S/C14H28N2/c1-15-11-14(9-4-3-5-10-14)12-16(2)13-7-6-8-13/h13,15H,3-12H2,1-2H3. The summed E-state index contributed by atoms with van der Waals surface area (Å²) in [4.78, 5) is 2.64.